The fourth-order valence-corrected chi connectivity index (χ4v) is 5.27. The van der Waals surface area contributed by atoms with Crippen LogP contribution in [0.5, 0.6) is 5.88 Å². The lowest BCUT2D eigenvalue weighted by atomic mass is 10.3. The Balaban J connectivity index is 1.72. The number of halogens is 4. The molecule has 39 heavy (non-hydrogen) atoms. The first-order valence-electron chi connectivity index (χ1n) is 9.75. The molecule has 0 atom stereocenters. The SMILES string of the molecule is O=S(=O)(O)c1cc(Cl)c(-n2ncc(/N=N/c3cc(Nc4nc(Cl)nc(Cl)n4)ccc3S(=O)(=O)O)c2O)cc1Cl. The molecule has 0 saturated carbocycles. The summed E-state index contributed by atoms with van der Waals surface area (Å²) in [7, 11) is -9.45. The molecule has 0 aliphatic rings. The second kappa shape index (κ2) is 10.8. The predicted molar refractivity (Wildman–Crippen MR) is 139 cm³/mol. The molecule has 4 N–H and O–H groups in total. The fourth-order valence-electron chi connectivity index (χ4n) is 2.97. The van der Waals surface area contributed by atoms with Crippen LogP contribution in [0.25, 0.3) is 5.69 Å². The van der Waals surface area contributed by atoms with E-state index in [0.29, 0.717) is 0 Å². The van der Waals surface area contributed by atoms with Gasteiger partial charge in [-0.2, -0.15) is 41.6 Å². The number of aromatic hydroxyl groups is 1. The van der Waals surface area contributed by atoms with Crippen LogP contribution < -0.4 is 5.32 Å². The third-order valence-electron chi connectivity index (χ3n) is 4.57. The van der Waals surface area contributed by atoms with Crippen molar-refractivity contribution in [1.82, 2.24) is 24.7 Å². The van der Waals surface area contributed by atoms with Gasteiger partial charge in [0.15, 0.2) is 5.69 Å². The van der Waals surface area contributed by atoms with E-state index < -0.39 is 40.9 Å². The first-order chi connectivity index (χ1) is 18.1. The van der Waals surface area contributed by atoms with Gasteiger partial charge in [-0.1, -0.05) is 23.2 Å². The van der Waals surface area contributed by atoms with Crippen molar-refractivity contribution in [1.29, 1.82) is 0 Å². The van der Waals surface area contributed by atoms with E-state index in [-0.39, 0.29) is 44.3 Å². The topological polar surface area (TPSA) is 222 Å². The number of azo groups is 1. The number of hydrogen-bond acceptors (Lipinski definition) is 12. The van der Waals surface area contributed by atoms with Crippen LogP contribution in [0.15, 0.2) is 56.5 Å². The Morgan fingerprint density at radius 3 is 2.03 bits per heavy atom. The Morgan fingerprint density at radius 2 is 1.41 bits per heavy atom. The lowest BCUT2D eigenvalue weighted by Crippen LogP contribution is -2.02. The zero-order chi connectivity index (χ0) is 28.7. The molecule has 0 saturated heterocycles. The quantitative estimate of drug-likeness (QED) is 0.152. The van der Waals surface area contributed by atoms with Crippen LogP contribution >= 0.6 is 46.4 Å². The maximum absolute atomic E-state index is 11.9. The third-order valence-corrected chi connectivity index (χ3v) is 7.43. The molecule has 204 valence electrons. The van der Waals surface area contributed by atoms with Crippen molar-refractivity contribution < 1.29 is 31.0 Å². The van der Waals surface area contributed by atoms with Gasteiger partial charge in [-0.25, -0.2) is 0 Å². The maximum atomic E-state index is 11.9. The molecular weight excluding hydrogens is 646 g/mol. The van der Waals surface area contributed by atoms with Gasteiger partial charge in [0.05, 0.1) is 21.9 Å². The van der Waals surface area contributed by atoms with Crippen molar-refractivity contribution >= 4 is 89.7 Å². The van der Waals surface area contributed by atoms with Gasteiger partial charge in [-0.15, -0.1) is 10.2 Å². The molecule has 4 aromatic rings. The minimum atomic E-state index is -4.77. The first-order valence-corrected chi connectivity index (χ1v) is 14.1. The van der Waals surface area contributed by atoms with Crippen molar-refractivity contribution in [3.05, 3.63) is 57.1 Å². The molecule has 0 spiro atoms. The van der Waals surface area contributed by atoms with Gasteiger partial charge in [-0.3, -0.25) is 9.11 Å². The van der Waals surface area contributed by atoms with Crippen LogP contribution in [-0.2, 0) is 20.2 Å². The number of nitrogens with zero attached hydrogens (tertiary/aromatic N) is 7. The minimum absolute atomic E-state index is 0.0861. The van der Waals surface area contributed by atoms with Crippen LogP contribution in [0.1, 0.15) is 0 Å². The van der Waals surface area contributed by atoms with Gasteiger partial charge in [0.1, 0.15) is 15.5 Å². The number of benzene rings is 2. The lowest BCUT2D eigenvalue weighted by molar-refractivity contribution is 0.434. The van der Waals surface area contributed by atoms with Crippen molar-refractivity contribution in [2.45, 2.75) is 9.79 Å². The number of hydrogen-bond donors (Lipinski definition) is 4. The highest BCUT2D eigenvalue weighted by molar-refractivity contribution is 7.86. The highest BCUT2D eigenvalue weighted by Crippen LogP contribution is 2.37. The zero-order valence-corrected chi connectivity index (χ0v) is 23.1. The standard InChI is InChI=1S/C18H10Cl4N8O7S2/c19-8-5-14(39(35,36)37)9(20)4-12(8)30-15(31)11(6-23-30)29-28-10-3-7(1-2-13(10)38(32,33)34)24-18-26-16(21)25-17(22)27-18/h1-6,31H,(H,32,33,34)(H,35,36,37)(H,24,25,26,27)/b29-28+. The van der Waals surface area contributed by atoms with Gasteiger partial charge >= 0.3 is 0 Å². The Kier molecular flexibility index (Phi) is 7.97. The molecule has 0 unspecified atom stereocenters. The summed E-state index contributed by atoms with van der Waals surface area (Å²) in [5, 5.41) is 23.6. The summed E-state index contributed by atoms with van der Waals surface area (Å²) in [6, 6.07) is 5.29. The molecule has 4 rings (SSSR count). The van der Waals surface area contributed by atoms with Crippen molar-refractivity contribution in [3.8, 4) is 11.6 Å². The maximum Gasteiger partial charge on any atom is 0.296 e. The van der Waals surface area contributed by atoms with Crippen molar-refractivity contribution in [2.75, 3.05) is 5.32 Å². The largest absolute Gasteiger partial charge is 0.492 e. The highest BCUT2D eigenvalue weighted by atomic mass is 35.5. The van der Waals surface area contributed by atoms with Gasteiger partial charge in [0.25, 0.3) is 20.2 Å². The summed E-state index contributed by atoms with van der Waals surface area (Å²) in [6.45, 7) is 0. The van der Waals surface area contributed by atoms with Crippen LogP contribution in [0.2, 0.25) is 20.6 Å². The van der Waals surface area contributed by atoms with Gasteiger partial charge in [-0.05, 0) is 53.5 Å². The molecular formula is C18H10Cl4N8O7S2. The van der Waals surface area contributed by atoms with Crippen LogP contribution in [0, 0.1) is 0 Å². The van der Waals surface area contributed by atoms with Crippen molar-refractivity contribution in [2.24, 2.45) is 10.2 Å². The van der Waals surface area contributed by atoms with E-state index in [1.54, 1.807) is 0 Å². The molecule has 15 nitrogen and oxygen atoms in total. The molecule has 2 aromatic carbocycles. The van der Waals surface area contributed by atoms with E-state index in [0.717, 1.165) is 35.1 Å². The van der Waals surface area contributed by atoms with Gasteiger partial charge in [0.2, 0.25) is 22.4 Å². The Bertz CT molecular complexity index is 1850. The van der Waals surface area contributed by atoms with Gasteiger partial charge < -0.3 is 10.4 Å². The Hall–Kier alpha value is -3.16. The van der Waals surface area contributed by atoms with Crippen LogP contribution in [0.3, 0.4) is 0 Å². The van der Waals surface area contributed by atoms with Crippen molar-refractivity contribution in [3.63, 3.8) is 0 Å². The van der Waals surface area contributed by atoms with E-state index >= 15 is 0 Å². The minimum Gasteiger partial charge on any atom is -0.492 e. The monoisotopic (exact) mass is 654 g/mol. The molecule has 0 aliphatic heterocycles. The molecule has 21 heteroatoms. The summed E-state index contributed by atoms with van der Waals surface area (Å²) >= 11 is 23.5. The fraction of sp³-hybridized carbons (Fsp3) is 0. The number of aromatic nitrogens is 5. The van der Waals surface area contributed by atoms with E-state index in [1.807, 2.05) is 0 Å². The third kappa shape index (κ3) is 6.53. The van der Waals surface area contributed by atoms with E-state index in [1.165, 1.54) is 6.07 Å². The van der Waals surface area contributed by atoms with E-state index in [2.05, 4.69) is 35.6 Å². The molecule has 0 amide bonds. The first kappa shape index (κ1) is 28.8. The van der Waals surface area contributed by atoms with Crippen LogP contribution in [0.4, 0.5) is 23.0 Å². The molecule has 0 fully saturated rings. The summed E-state index contributed by atoms with van der Waals surface area (Å²) in [5.41, 5.74) is -0.585. The lowest BCUT2D eigenvalue weighted by Gasteiger charge is -2.09. The Labute approximate surface area is 238 Å². The summed E-state index contributed by atoms with van der Waals surface area (Å²) in [4.78, 5) is 9.92. The summed E-state index contributed by atoms with van der Waals surface area (Å²) in [5.74, 6) is -0.745. The average molecular weight is 656 g/mol. The average Bonchev–Trinajstić information content (AvgIpc) is 3.17. The summed E-state index contributed by atoms with van der Waals surface area (Å²) in [6.07, 6.45) is 1.02. The molecule has 0 bridgehead atoms. The molecule has 0 aliphatic carbocycles. The smallest absolute Gasteiger partial charge is 0.296 e. The van der Waals surface area contributed by atoms with Gasteiger partial charge in [0, 0.05) is 5.69 Å². The zero-order valence-electron chi connectivity index (χ0n) is 18.4. The van der Waals surface area contributed by atoms with Crippen LogP contribution in [-0.4, -0.2) is 55.8 Å². The number of rotatable bonds is 7. The second-order valence-electron chi connectivity index (χ2n) is 7.15. The van der Waals surface area contributed by atoms with E-state index in [9.17, 15) is 31.0 Å². The molecule has 2 heterocycles. The molecule has 2 aromatic heterocycles. The summed E-state index contributed by atoms with van der Waals surface area (Å²) < 4.78 is 66.2. The Morgan fingerprint density at radius 1 is 0.795 bits per heavy atom. The number of nitrogens with one attached hydrogen (secondary N) is 1. The van der Waals surface area contributed by atoms with E-state index in [4.69, 9.17) is 46.4 Å². The number of anilines is 2. The highest BCUT2D eigenvalue weighted by Gasteiger charge is 2.21. The molecule has 0 radical (unpaired) electrons. The predicted octanol–water partition coefficient (Wildman–Crippen LogP) is 5.03. The normalized spacial score (nSPS) is 12.3. The second-order valence-corrected chi connectivity index (χ2v) is 11.4.